The first-order valence-corrected chi connectivity index (χ1v) is 14.9. The fourth-order valence-electron chi connectivity index (χ4n) is 4.76. The highest BCUT2D eigenvalue weighted by atomic mass is 32.2. The van der Waals surface area contributed by atoms with Gasteiger partial charge in [-0.3, -0.25) is 4.72 Å². The van der Waals surface area contributed by atoms with Crippen molar-refractivity contribution in [1.29, 1.82) is 5.26 Å². The first kappa shape index (κ1) is 28.6. The summed E-state index contributed by atoms with van der Waals surface area (Å²) in [4.78, 5) is 5.34. The number of methoxy groups -OCH3 is 1. The van der Waals surface area contributed by atoms with Crippen molar-refractivity contribution in [3.05, 3.63) is 58.3 Å². The van der Waals surface area contributed by atoms with Crippen molar-refractivity contribution in [2.24, 2.45) is 0 Å². The number of hydrogen-bond donors (Lipinski definition) is 3. The van der Waals surface area contributed by atoms with Crippen LogP contribution in [0.15, 0.2) is 53.4 Å². The van der Waals surface area contributed by atoms with E-state index < -0.39 is 6.10 Å². The molecule has 2 atom stereocenters. The molecule has 3 aromatic rings. The van der Waals surface area contributed by atoms with E-state index in [1.54, 1.807) is 18.4 Å². The highest BCUT2D eigenvalue weighted by molar-refractivity contribution is 8.01. The second kappa shape index (κ2) is 14.1. The van der Waals surface area contributed by atoms with E-state index in [9.17, 15) is 10.4 Å². The predicted octanol–water partition coefficient (Wildman–Crippen LogP) is 6.20. The molecule has 0 amide bonds. The number of piperidine rings is 1. The standard InChI is InChI=1S/C30H37N3O3S2/c1-21(30(19-31)38-32-20-27(36-2)18-26(35)12-15-34)28-10-11-29(37-28)24-7-6-23-17-25(9-8-22(23)16-24)33-13-4-3-5-14-33/h6-11,16-17,26-27,32,34-35H,3-5,12-15,18,20H2,1-2H3/b30-21+. The van der Waals surface area contributed by atoms with Crippen LogP contribution in [0.2, 0.25) is 0 Å². The zero-order valence-electron chi connectivity index (χ0n) is 22.2. The van der Waals surface area contributed by atoms with Crippen LogP contribution in [-0.4, -0.2) is 55.8 Å². The first-order valence-electron chi connectivity index (χ1n) is 13.2. The smallest absolute Gasteiger partial charge is 0.108 e. The van der Waals surface area contributed by atoms with Crippen molar-refractivity contribution in [3.8, 4) is 16.5 Å². The zero-order chi connectivity index (χ0) is 26.9. The Morgan fingerprint density at radius 3 is 2.63 bits per heavy atom. The number of anilines is 1. The molecule has 2 heterocycles. The number of benzene rings is 2. The molecular weight excluding hydrogens is 514 g/mol. The van der Waals surface area contributed by atoms with Crippen LogP contribution in [0.25, 0.3) is 26.8 Å². The molecule has 1 aliphatic rings. The minimum Gasteiger partial charge on any atom is -0.396 e. The molecule has 0 radical (unpaired) electrons. The predicted molar refractivity (Wildman–Crippen MR) is 160 cm³/mol. The number of hydrogen-bond acceptors (Lipinski definition) is 8. The van der Waals surface area contributed by atoms with E-state index in [1.165, 1.54) is 58.1 Å². The molecule has 2 aromatic carbocycles. The van der Waals surface area contributed by atoms with Crippen LogP contribution in [0.1, 0.15) is 43.9 Å². The maximum atomic E-state index is 9.93. The van der Waals surface area contributed by atoms with E-state index in [2.05, 4.69) is 64.2 Å². The normalized spacial score (nSPS) is 16.2. The van der Waals surface area contributed by atoms with E-state index in [-0.39, 0.29) is 12.7 Å². The van der Waals surface area contributed by atoms with E-state index in [4.69, 9.17) is 9.84 Å². The number of fused-ring (bicyclic) bond motifs is 1. The Kier molecular flexibility index (Phi) is 10.6. The van der Waals surface area contributed by atoms with Gasteiger partial charge < -0.3 is 19.8 Å². The average molecular weight is 552 g/mol. The number of rotatable bonds is 12. The fourth-order valence-corrected chi connectivity index (χ4v) is 6.56. The number of allylic oxidation sites excluding steroid dienone is 2. The third-order valence-electron chi connectivity index (χ3n) is 7.06. The zero-order valence-corrected chi connectivity index (χ0v) is 23.8. The molecule has 1 saturated heterocycles. The lowest BCUT2D eigenvalue weighted by Gasteiger charge is -2.29. The van der Waals surface area contributed by atoms with Crippen LogP contribution >= 0.6 is 23.3 Å². The minimum atomic E-state index is -0.610. The maximum absolute atomic E-state index is 9.93. The summed E-state index contributed by atoms with van der Waals surface area (Å²) in [6, 6.07) is 20.0. The summed E-state index contributed by atoms with van der Waals surface area (Å²) in [5.74, 6) is 0. The monoisotopic (exact) mass is 551 g/mol. The van der Waals surface area contributed by atoms with Crippen molar-refractivity contribution in [2.45, 2.75) is 51.2 Å². The minimum absolute atomic E-state index is 0.0536. The van der Waals surface area contributed by atoms with Crippen molar-refractivity contribution in [3.63, 3.8) is 0 Å². The van der Waals surface area contributed by atoms with Gasteiger partial charge in [0.05, 0.1) is 12.2 Å². The Balaban J connectivity index is 1.43. The van der Waals surface area contributed by atoms with Gasteiger partial charge in [-0.15, -0.1) is 11.3 Å². The molecule has 3 N–H and O–H groups in total. The lowest BCUT2D eigenvalue weighted by Crippen LogP contribution is -2.29. The summed E-state index contributed by atoms with van der Waals surface area (Å²) < 4.78 is 8.64. The molecule has 0 spiro atoms. The molecular formula is C30H37N3O3S2. The molecule has 1 aliphatic heterocycles. The summed E-state index contributed by atoms with van der Waals surface area (Å²) in [6.07, 6.45) is 3.82. The highest BCUT2D eigenvalue weighted by Gasteiger charge is 2.16. The second-order valence-corrected chi connectivity index (χ2v) is 11.7. The highest BCUT2D eigenvalue weighted by Crippen LogP contribution is 2.36. The van der Waals surface area contributed by atoms with Gasteiger partial charge >= 0.3 is 0 Å². The third kappa shape index (κ3) is 7.38. The van der Waals surface area contributed by atoms with E-state index in [0.29, 0.717) is 24.3 Å². The molecule has 4 rings (SSSR count). The van der Waals surface area contributed by atoms with Gasteiger partial charge in [0.25, 0.3) is 0 Å². The van der Waals surface area contributed by atoms with Gasteiger partial charge in [0, 0.05) is 55.2 Å². The maximum Gasteiger partial charge on any atom is 0.108 e. The molecule has 1 aromatic heterocycles. The number of nitrogens with one attached hydrogen (secondary N) is 1. The Morgan fingerprint density at radius 2 is 1.89 bits per heavy atom. The van der Waals surface area contributed by atoms with Gasteiger partial charge in [0.15, 0.2) is 0 Å². The number of nitrogens with zero attached hydrogens (tertiary/aromatic N) is 2. The van der Waals surface area contributed by atoms with Gasteiger partial charge in [0.1, 0.15) is 11.0 Å². The number of ether oxygens (including phenoxy) is 1. The van der Waals surface area contributed by atoms with Gasteiger partial charge in [-0.25, -0.2) is 0 Å². The largest absolute Gasteiger partial charge is 0.396 e. The number of thiophene rings is 1. The summed E-state index contributed by atoms with van der Waals surface area (Å²) in [5, 5.41) is 31.2. The second-order valence-electron chi connectivity index (χ2n) is 9.73. The summed E-state index contributed by atoms with van der Waals surface area (Å²) >= 11 is 2.98. The Hall–Kier alpha value is -2.38. The Morgan fingerprint density at radius 1 is 1.13 bits per heavy atom. The number of aliphatic hydroxyl groups is 2. The van der Waals surface area contributed by atoms with Crippen molar-refractivity contribution < 1.29 is 14.9 Å². The SMILES string of the molecule is COC(CNS/C(C#N)=C(\C)c1ccc(-c2ccc3cc(N4CCCCC4)ccc3c2)s1)CC(O)CCO. The van der Waals surface area contributed by atoms with Crippen molar-refractivity contribution in [1.82, 2.24) is 4.72 Å². The third-order valence-corrected chi connectivity index (χ3v) is 9.23. The Bertz CT molecular complexity index is 1280. The molecule has 0 bridgehead atoms. The van der Waals surface area contributed by atoms with E-state index >= 15 is 0 Å². The average Bonchev–Trinajstić information content (AvgIpc) is 3.45. The summed E-state index contributed by atoms with van der Waals surface area (Å²) in [5.41, 5.74) is 3.43. The molecule has 38 heavy (non-hydrogen) atoms. The van der Waals surface area contributed by atoms with Gasteiger partial charge in [-0.1, -0.05) is 18.2 Å². The van der Waals surface area contributed by atoms with E-state index in [0.717, 1.165) is 23.5 Å². The van der Waals surface area contributed by atoms with Gasteiger partial charge in [0.2, 0.25) is 0 Å². The molecule has 6 nitrogen and oxygen atoms in total. The molecule has 1 fully saturated rings. The van der Waals surface area contributed by atoms with E-state index in [1.807, 2.05) is 6.92 Å². The number of nitriles is 1. The van der Waals surface area contributed by atoms with Gasteiger partial charge in [-0.05, 0) is 96.8 Å². The van der Waals surface area contributed by atoms with Crippen LogP contribution in [0.3, 0.4) is 0 Å². The molecule has 0 saturated carbocycles. The molecule has 202 valence electrons. The van der Waals surface area contributed by atoms with Crippen LogP contribution in [0, 0.1) is 11.3 Å². The molecule has 2 unspecified atom stereocenters. The lowest BCUT2D eigenvalue weighted by molar-refractivity contribution is 0.0387. The van der Waals surface area contributed by atoms with Crippen LogP contribution in [0.4, 0.5) is 5.69 Å². The first-order chi connectivity index (χ1) is 18.5. The van der Waals surface area contributed by atoms with Crippen molar-refractivity contribution >= 4 is 45.3 Å². The Labute approximate surface area is 234 Å². The van der Waals surface area contributed by atoms with Crippen LogP contribution < -0.4 is 9.62 Å². The quantitative estimate of drug-likeness (QED) is 0.182. The fraction of sp³-hybridized carbons (Fsp3) is 0.433. The van der Waals surface area contributed by atoms with Crippen LogP contribution in [0.5, 0.6) is 0 Å². The molecule has 0 aliphatic carbocycles. The van der Waals surface area contributed by atoms with Crippen molar-refractivity contribution in [2.75, 3.05) is 38.3 Å². The summed E-state index contributed by atoms with van der Waals surface area (Å²) in [6.45, 7) is 4.70. The molecule has 8 heteroatoms. The number of aliphatic hydroxyl groups excluding tert-OH is 2. The summed E-state index contributed by atoms with van der Waals surface area (Å²) in [7, 11) is 1.60. The lowest BCUT2D eigenvalue weighted by atomic mass is 10.0. The topological polar surface area (TPSA) is 88.8 Å². The van der Waals surface area contributed by atoms with Crippen LogP contribution in [-0.2, 0) is 4.74 Å². The van der Waals surface area contributed by atoms with Gasteiger partial charge in [-0.2, -0.15) is 5.26 Å².